The third kappa shape index (κ3) is 3.59. The van der Waals surface area contributed by atoms with Crippen LogP contribution >= 0.6 is 0 Å². The summed E-state index contributed by atoms with van der Waals surface area (Å²) in [5.74, 6) is -0.197. The van der Waals surface area contributed by atoms with Gasteiger partial charge in [0, 0.05) is 105 Å². The van der Waals surface area contributed by atoms with Gasteiger partial charge in [-0.05, 0) is 0 Å². The molecule has 0 aliphatic rings. The third-order valence-corrected chi connectivity index (χ3v) is 2.72. The first-order valence-corrected chi connectivity index (χ1v) is 4.98. The van der Waals surface area contributed by atoms with Gasteiger partial charge in [-0.1, -0.05) is 0 Å². The van der Waals surface area contributed by atoms with Gasteiger partial charge in [0.25, 0.3) is 0 Å². The molecule has 0 saturated heterocycles. The number of H-pyrrole nitrogens is 1. The van der Waals surface area contributed by atoms with Crippen LogP contribution in [0.5, 0.6) is 17.2 Å². The minimum atomic E-state index is -0.365. The molecule has 0 amide bonds. The van der Waals surface area contributed by atoms with Crippen LogP contribution in [-0.2, 0) is 13.2 Å². The summed E-state index contributed by atoms with van der Waals surface area (Å²) in [4.78, 5) is 2.75. The number of fused-ring (bicyclic) bond motifs is 1. The number of hydrogen-bond acceptors (Lipinski definition) is 5. The average molecular weight is 693 g/mol. The predicted octanol–water partition coefficient (Wildman–Crippen LogP) is 0.572. The molecule has 98 valence electrons. The van der Waals surface area contributed by atoms with Crippen molar-refractivity contribution in [2.45, 2.75) is 13.2 Å². The number of aliphatic hydroxyl groups is 2. The molecule has 6 nitrogen and oxygen atoms in total. The number of aromatic amines is 1. The van der Waals surface area contributed by atoms with Gasteiger partial charge in [0.15, 0.2) is 11.5 Å². The fraction of sp³-hybridized carbons (Fsp3) is 0.273. The monoisotopic (exact) mass is 693 g/mol. The zero-order valence-electron chi connectivity index (χ0n) is 10.3. The largest absolute Gasteiger partial charge is 0.506 e. The number of phenols is 2. The van der Waals surface area contributed by atoms with E-state index in [1.54, 1.807) is 0 Å². The summed E-state index contributed by atoms with van der Waals surface area (Å²) in [6, 6.07) is 1.26. The van der Waals surface area contributed by atoms with Crippen LogP contribution in [0, 0.1) is 88.1 Å². The van der Waals surface area contributed by atoms with Crippen molar-refractivity contribution < 1.29 is 113 Å². The van der Waals surface area contributed by atoms with Gasteiger partial charge in [-0.25, -0.2) is 0 Å². The zero-order chi connectivity index (χ0) is 12.6. The number of rotatable bonds is 3. The Labute approximate surface area is 181 Å². The Bertz CT molecular complexity index is 570. The van der Waals surface area contributed by atoms with Crippen LogP contribution in [0.4, 0.5) is 0 Å². The summed E-state index contributed by atoms with van der Waals surface area (Å²) in [7, 11) is 1.36. The van der Waals surface area contributed by atoms with Crippen LogP contribution in [0.2, 0.25) is 0 Å². The van der Waals surface area contributed by atoms with Crippen molar-refractivity contribution in [2.75, 3.05) is 7.11 Å². The summed E-state index contributed by atoms with van der Waals surface area (Å²) >= 11 is 0. The van der Waals surface area contributed by atoms with Gasteiger partial charge < -0.3 is 30.1 Å². The number of nitrogens with one attached hydrogen (secondary N) is 1. The number of hydrogen-bond donors (Lipinski definition) is 5. The SMILES string of the molecule is COc1cc(O)c2[nH]c(CO)c(CO)c2c1O.[Ac].[Ac]. The molecule has 5 N–H and O–H groups in total. The number of ether oxygens (including phenoxy) is 1. The normalized spacial score (nSPS) is 9.84. The molecule has 0 aliphatic carbocycles. The Morgan fingerprint density at radius 2 is 1.79 bits per heavy atom. The number of methoxy groups -OCH3 is 1. The average Bonchev–Trinajstić information content (AvgIpc) is 2.72. The fourth-order valence-electron chi connectivity index (χ4n) is 1.90. The van der Waals surface area contributed by atoms with Crippen molar-refractivity contribution in [3.8, 4) is 17.2 Å². The van der Waals surface area contributed by atoms with E-state index in [-0.39, 0.29) is 129 Å². The van der Waals surface area contributed by atoms with E-state index in [0.29, 0.717) is 11.3 Å². The number of aliphatic hydroxyl groups excluding tert-OH is 2. The quantitative estimate of drug-likeness (QED) is 0.303. The maximum Gasteiger partial charge on any atom is 0.167 e. The standard InChI is InChI=1S/C11H13NO5.2Ac/c1-17-8-2-7(15)10-9(11(8)16)5(3-13)6(4-14)12-10;;/h2,12-16H,3-4H2,1H3;;. The molecule has 8 heteroatoms. The van der Waals surface area contributed by atoms with Crippen LogP contribution in [0.1, 0.15) is 11.3 Å². The molecule has 0 atom stereocenters. The van der Waals surface area contributed by atoms with Gasteiger partial charge in [0.1, 0.15) is 5.75 Å². The van der Waals surface area contributed by atoms with E-state index in [2.05, 4.69) is 4.98 Å². The first-order valence-electron chi connectivity index (χ1n) is 4.98. The number of phenolic OH excluding ortho intramolecular Hbond substituents is 2. The van der Waals surface area contributed by atoms with E-state index in [4.69, 9.17) is 9.84 Å². The molecule has 2 radical (unpaired) electrons. The van der Waals surface area contributed by atoms with Crippen molar-refractivity contribution in [2.24, 2.45) is 0 Å². The summed E-state index contributed by atoms with van der Waals surface area (Å²) in [6.45, 7) is -0.693. The Kier molecular flexibility index (Phi) is 8.84. The van der Waals surface area contributed by atoms with E-state index >= 15 is 0 Å². The first-order chi connectivity index (χ1) is 8.13. The van der Waals surface area contributed by atoms with Crippen LogP contribution < -0.4 is 4.74 Å². The molecule has 19 heavy (non-hydrogen) atoms. The van der Waals surface area contributed by atoms with Crippen molar-refractivity contribution in [3.63, 3.8) is 0 Å². The minimum Gasteiger partial charge on any atom is -0.506 e. The van der Waals surface area contributed by atoms with Crippen molar-refractivity contribution in [1.82, 2.24) is 4.98 Å². The molecular weight excluding hydrogens is 680 g/mol. The van der Waals surface area contributed by atoms with Crippen LogP contribution in [0.25, 0.3) is 10.9 Å². The van der Waals surface area contributed by atoms with Crippen molar-refractivity contribution in [3.05, 3.63) is 17.3 Å². The molecule has 0 saturated carbocycles. The summed E-state index contributed by atoms with van der Waals surface area (Å²) in [6.07, 6.45) is 0. The first kappa shape index (κ1) is 20.0. The molecule has 1 aromatic carbocycles. The van der Waals surface area contributed by atoms with Crippen molar-refractivity contribution >= 4 is 10.9 Å². The van der Waals surface area contributed by atoms with E-state index in [1.807, 2.05) is 0 Å². The number of aromatic nitrogens is 1. The van der Waals surface area contributed by atoms with Gasteiger partial charge in [-0.15, -0.1) is 0 Å². The number of benzene rings is 1. The van der Waals surface area contributed by atoms with E-state index in [1.165, 1.54) is 13.2 Å². The Hall–Kier alpha value is 0.963. The van der Waals surface area contributed by atoms with Gasteiger partial charge >= 0.3 is 0 Å². The van der Waals surface area contributed by atoms with Gasteiger partial charge in [-0.3, -0.25) is 0 Å². The minimum absolute atomic E-state index is 0. The van der Waals surface area contributed by atoms with Crippen molar-refractivity contribution in [1.29, 1.82) is 0 Å². The second-order valence-corrected chi connectivity index (χ2v) is 3.59. The van der Waals surface area contributed by atoms with Crippen LogP contribution in [0.3, 0.4) is 0 Å². The molecule has 1 aromatic heterocycles. The predicted molar refractivity (Wildman–Crippen MR) is 60.0 cm³/mol. The van der Waals surface area contributed by atoms with Gasteiger partial charge in [-0.2, -0.15) is 0 Å². The second-order valence-electron chi connectivity index (χ2n) is 3.59. The summed E-state index contributed by atoms with van der Waals surface area (Å²) in [5.41, 5.74) is 0.951. The number of aromatic hydroxyl groups is 2. The Morgan fingerprint density at radius 3 is 2.26 bits per heavy atom. The molecular formula is C11H13Ac2NO5. The topological polar surface area (TPSA) is 106 Å². The Morgan fingerprint density at radius 1 is 1.16 bits per heavy atom. The summed E-state index contributed by atoms with van der Waals surface area (Å²) < 4.78 is 4.91. The van der Waals surface area contributed by atoms with Crippen LogP contribution in [0.15, 0.2) is 6.07 Å². The maximum absolute atomic E-state index is 9.95. The molecule has 0 fully saturated rings. The third-order valence-electron chi connectivity index (χ3n) is 2.72. The molecule has 0 aliphatic heterocycles. The zero-order valence-corrected chi connectivity index (χ0v) is 19.8. The Balaban J connectivity index is 0.00000162. The molecule has 2 aromatic rings. The molecule has 0 spiro atoms. The van der Waals surface area contributed by atoms with Crippen LogP contribution in [-0.4, -0.2) is 32.5 Å². The van der Waals surface area contributed by atoms with E-state index < -0.39 is 0 Å². The van der Waals surface area contributed by atoms with Gasteiger partial charge in [0.2, 0.25) is 0 Å². The van der Waals surface area contributed by atoms with E-state index in [9.17, 15) is 15.3 Å². The maximum atomic E-state index is 9.95. The van der Waals surface area contributed by atoms with Gasteiger partial charge in [0.05, 0.1) is 31.2 Å². The molecule has 2 rings (SSSR count). The molecule has 0 unspecified atom stereocenters. The molecule has 0 bridgehead atoms. The second kappa shape index (κ2) is 8.42. The summed E-state index contributed by atoms with van der Waals surface area (Å²) in [5, 5.41) is 38.3. The smallest absolute Gasteiger partial charge is 0.167 e. The molecule has 1 heterocycles. The van der Waals surface area contributed by atoms with E-state index in [0.717, 1.165) is 0 Å². The fourth-order valence-corrected chi connectivity index (χ4v) is 1.90.